The number of carbonyl (C=O) groups is 2. The van der Waals surface area contributed by atoms with E-state index < -0.39 is 0 Å². The Morgan fingerprint density at radius 2 is 1.52 bits per heavy atom. The molecule has 4 saturated carbocycles. The predicted octanol–water partition coefficient (Wildman–Crippen LogP) is 4.62. The summed E-state index contributed by atoms with van der Waals surface area (Å²) in [6.07, 6.45) is 8.11. The van der Waals surface area contributed by atoms with Gasteiger partial charge in [0.2, 0.25) is 0 Å². The van der Waals surface area contributed by atoms with E-state index in [1.54, 1.807) is 31.2 Å². The van der Waals surface area contributed by atoms with E-state index in [1.165, 1.54) is 38.5 Å². The van der Waals surface area contributed by atoms with Crippen LogP contribution >= 0.6 is 0 Å². The van der Waals surface area contributed by atoms with Crippen molar-refractivity contribution in [2.75, 3.05) is 5.32 Å². The van der Waals surface area contributed by atoms with Gasteiger partial charge in [0.05, 0.1) is 0 Å². The second-order valence-corrected chi connectivity index (χ2v) is 8.73. The highest BCUT2D eigenvalue weighted by molar-refractivity contribution is 5.95. The van der Waals surface area contributed by atoms with E-state index >= 15 is 0 Å². The number of hydrogen-bond acceptors (Lipinski definition) is 2. The number of benzene rings is 1. The van der Waals surface area contributed by atoms with Crippen molar-refractivity contribution in [1.82, 2.24) is 5.32 Å². The Labute approximate surface area is 149 Å². The van der Waals surface area contributed by atoms with Crippen LogP contribution in [0.2, 0.25) is 0 Å². The van der Waals surface area contributed by atoms with E-state index in [0.29, 0.717) is 11.0 Å². The fraction of sp³-hybridized carbons (Fsp3) is 0.619. The van der Waals surface area contributed by atoms with Gasteiger partial charge in [-0.25, -0.2) is 4.79 Å². The third kappa shape index (κ3) is 3.19. The molecule has 0 saturated heterocycles. The maximum atomic E-state index is 12.4. The van der Waals surface area contributed by atoms with Crippen LogP contribution in [0.1, 0.15) is 62.7 Å². The number of urea groups is 1. The lowest BCUT2D eigenvalue weighted by Gasteiger charge is -2.59. The minimum atomic E-state index is -0.140. The first-order valence-electron chi connectivity index (χ1n) is 9.62. The Balaban J connectivity index is 1.38. The first kappa shape index (κ1) is 16.6. The summed E-state index contributed by atoms with van der Waals surface area (Å²) in [5.41, 5.74) is 1.69. The van der Waals surface area contributed by atoms with Gasteiger partial charge in [0, 0.05) is 17.3 Å². The average molecular weight is 340 g/mol. The molecule has 4 fully saturated rings. The Kier molecular flexibility index (Phi) is 4.09. The van der Waals surface area contributed by atoms with Crippen molar-refractivity contribution in [3.05, 3.63) is 29.8 Å². The van der Waals surface area contributed by atoms with Crippen molar-refractivity contribution in [2.24, 2.45) is 23.2 Å². The second-order valence-electron chi connectivity index (χ2n) is 8.73. The standard InChI is InChI=1S/C21H28N2O2/c1-13(24)18-3-5-19(6-4-18)23-20(25)22-14(2)21-10-15-7-16(11-21)9-17(8-15)12-21/h3-6,14-17H,7-12H2,1-2H3,(H2,22,23,25). The smallest absolute Gasteiger partial charge is 0.319 e. The molecule has 4 aliphatic rings. The van der Waals surface area contributed by atoms with E-state index in [-0.39, 0.29) is 17.9 Å². The van der Waals surface area contributed by atoms with Crippen LogP contribution in [0.3, 0.4) is 0 Å². The van der Waals surface area contributed by atoms with Crippen molar-refractivity contribution >= 4 is 17.5 Å². The second kappa shape index (κ2) is 6.15. The Morgan fingerprint density at radius 3 is 2.00 bits per heavy atom. The van der Waals surface area contributed by atoms with Crippen molar-refractivity contribution in [2.45, 2.75) is 58.4 Å². The van der Waals surface area contributed by atoms with Gasteiger partial charge in [0.1, 0.15) is 0 Å². The van der Waals surface area contributed by atoms with Gasteiger partial charge >= 0.3 is 6.03 Å². The lowest BCUT2D eigenvalue weighted by molar-refractivity contribution is -0.0679. The van der Waals surface area contributed by atoms with Crippen LogP contribution in [0.25, 0.3) is 0 Å². The molecule has 1 aromatic carbocycles. The number of anilines is 1. The molecule has 0 heterocycles. The van der Waals surface area contributed by atoms with Crippen LogP contribution < -0.4 is 10.6 Å². The third-order valence-electron chi connectivity index (χ3n) is 6.90. The number of rotatable bonds is 4. The van der Waals surface area contributed by atoms with Gasteiger partial charge in [-0.3, -0.25) is 4.79 Å². The van der Waals surface area contributed by atoms with E-state index in [9.17, 15) is 9.59 Å². The lowest BCUT2D eigenvalue weighted by Crippen LogP contribution is -2.56. The SMILES string of the molecule is CC(=O)c1ccc(NC(=O)NC(C)C23CC4CC(CC(C4)C2)C3)cc1. The molecule has 0 radical (unpaired) electrons. The van der Waals surface area contributed by atoms with Gasteiger partial charge in [-0.05, 0) is 99.8 Å². The quantitative estimate of drug-likeness (QED) is 0.786. The summed E-state index contributed by atoms with van der Waals surface area (Å²) in [4.78, 5) is 23.8. The van der Waals surface area contributed by atoms with E-state index in [2.05, 4.69) is 17.6 Å². The van der Waals surface area contributed by atoms with Crippen LogP contribution in [0.4, 0.5) is 10.5 Å². The van der Waals surface area contributed by atoms with Crippen LogP contribution in [-0.2, 0) is 0 Å². The molecular weight excluding hydrogens is 312 g/mol. The highest BCUT2D eigenvalue weighted by atomic mass is 16.2. The van der Waals surface area contributed by atoms with Crippen molar-refractivity contribution in [1.29, 1.82) is 0 Å². The van der Waals surface area contributed by atoms with Gasteiger partial charge in [-0.1, -0.05) is 0 Å². The van der Waals surface area contributed by atoms with Crippen LogP contribution in [0.15, 0.2) is 24.3 Å². The molecule has 25 heavy (non-hydrogen) atoms. The Bertz CT molecular complexity index is 644. The lowest BCUT2D eigenvalue weighted by atomic mass is 9.48. The summed E-state index contributed by atoms with van der Waals surface area (Å²) in [5.74, 6) is 2.69. The summed E-state index contributed by atoms with van der Waals surface area (Å²) < 4.78 is 0. The molecule has 4 bridgehead atoms. The summed E-state index contributed by atoms with van der Waals surface area (Å²) in [6.45, 7) is 3.73. The summed E-state index contributed by atoms with van der Waals surface area (Å²) in [7, 11) is 0. The molecule has 0 spiro atoms. The molecule has 0 aliphatic heterocycles. The van der Waals surface area contributed by atoms with Crippen LogP contribution in [0, 0.1) is 23.2 Å². The molecule has 2 amide bonds. The van der Waals surface area contributed by atoms with Crippen LogP contribution in [0.5, 0.6) is 0 Å². The number of ketones is 1. The van der Waals surface area contributed by atoms with E-state index in [0.717, 1.165) is 23.4 Å². The first-order valence-corrected chi connectivity index (χ1v) is 9.62. The number of amides is 2. The molecule has 1 unspecified atom stereocenters. The van der Waals surface area contributed by atoms with Gasteiger partial charge in [-0.15, -0.1) is 0 Å². The average Bonchev–Trinajstić information content (AvgIpc) is 2.54. The fourth-order valence-corrected chi connectivity index (χ4v) is 6.01. The monoisotopic (exact) mass is 340 g/mol. The molecule has 1 aromatic rings. The highest BCUT2D eigenvalue weighted by Crippen LogP contribution is 2.61. The number of Topliss-reactive ketones (excluding diaryl/α,β-unsaturated/α-hetero) is 1. The summed E-state index contributed by atoms with van der Waals surface area (Å²) in [5, 5.41) is 6.12. The van der Waals surface area contributed by atoms with Gasteiger partial charge in [0.25, 0.3) is 0 Å². The Morgan fingerprint density at radius 1 is 1.00 bits per heavy atom. The minimum Gasteiger partial charge on any atom is -0.335 e. The van der Waals surface area contributed by atoms with E-state index in [4.69, 9.17) is 0 Å². The topological polar surface area (TPSA) is 58.2 Å². The maximum absolute atomic E-state index is 12.4. The number of carbonyl (C=O) groups excluding carboxylic acids is 2. The summed E-state index contributed by atoms with van der Waals surface area (Å²) in [6, 6.07) is 7.13. The first-order chi connectivity index (χ1) is 11.9. The zero-order valence-corrected chi connectivity index (χ0v) is 15.2. The molecule has 4 aliphatic carbocycles. The maximum Gasteiger partial charge on any atom is 0.319 e. The van der Waals surface area contributed by atoms with Crippen LogP contribution in [-0.4, -0.2) is 17.9 Å². The fourth-order valence-electron chi connectivity index (χ4n) is 6.01. The third-order valence-corrected chi connectivity index (χ3v) is 6.90. The summed E-state index contributed by atoms with van der Waals surface area (Å²) >= 11 is 0. The highest BCUT2D eigenvalue weighted by Gasteiger charge is 2.53. The largest absolute Gasteiger partial charge is 0.335 e. The molecule has 4 nitrogen and oxygen atoms in total. The van der Waals surface area contributed by atoms with Crippen molar-refractivity contribution in [3.63, 3.8) is 0 Å². The van der Waals surface area contributed by atoms with Crippen molar-refractivity contribution < 1.29 is 9.59 Å². The van der Waals surface area contributed by atoms with Gasteiger partial charge < -0.3 is 10.6 Å². The molecule has 134 valence electrons. The molecule has 4 heteroatoms. The van der Waals surface area contributed by atoms with Gasteiger partial charge in [-0.2, -0.15) is 0 Å². The molecule has 1 atom stereocenters. The molecule has 2 N–H and O–H groups in total. The molecular formula is C21H28N2O2. The zero-order valence-electron chi connectivity index (χ0n) is 15.2. The van der Waals surface area contributed by atoms with Crippen molar-refractivity contribution in [3.8, 4) is 0 Å². The number of nitrogens with one attached hydrogen (secondary N) is 2. The van der Waals surface area contributed by atoms with E-state index in [1.807, 2.05) is 0 Å². The minimum absolute atomic E-state index is 0.0337. The predicted molar refractivity (Wildman–Crippen MR) is 98.7 cm³/mol. The normalized spacial score (nSPS) is 33.8. The zero-order chi connectivity index (χ0) is 17.6. The molecule has 0 aromatic heterocycles. The van der Waals surface area contributed by atoms with Gasteiger partial charge in [0.15, 0.2) is 5.78 Å². The number of hydrogen-bond donors (Lipinski definition) is 2. The Hall–Kier alpha value is -1.84. The molecule has 5 rings (SSSR count).